The second kappa shape index (κ2) is 13.4. The van der Waals surface area contributed by atoms with Crippen molar-refractivity contribution in [3.05, 3.63) is 72.8 Å². The molecule has 0 N–H and O–H groups in total. The molecule has 0 aliphatic heterocycles. The third-order valence-corrected chi connectivity index (χ3v) is 17.2. The standard InChI is InChI=1S/C31H46O2Si2/c1-9-14-21-27(30(10-2)33-34(11-3,12-4)13-5)26-32-35(31(6,7)8,28-22-17-15-18-23-28)29-24-19-16-20-25-29/h1,14-25,27,30H,10-13,26H2,2-8H3/b21-14+/t27-,30-/m1/s1. The van der Waals surface area contributed by atoms with Crippen molar-refractivity contribution in [2.45, 2.75) is 84.2 Å². The first-order chi connectivity index (χ1) is 16.7. The van der Waals surface area contributed by atoms with Crippen LogP contribution < -0.4 is 10.4 Å². The molecule has 2 rings (SSSR count). The maximum atomic E-state index is 7.28. The molecule has 190 valence electrons. The summed E-state index contributed by atoms with van der Waals surface area (Å²) in [5.41, 5.74) is 0. The van der Waals surface area contributed by atoms with Crippen LogP contribution in [-0.2, 0) is 8.85 Å². The lowest BCUT2D eigenvalue weighted by Gasteiger charge is -2.44. The van der Waals surface area contributed by atoms with Crippen molar-refractivity contribution in [2.24, 2.45) is 5.92 Å². The van der Waals surface area contributed by atoms with Gasteiger partial charge in [-0.3, -0.25) is 0 Å². The Morgan fingerprint density at radius 2 is 1.34 bits per heavy atom. The molecule has 35 heavy (non-hydrogen) atoms. The van der Waals surface area contributed by atoms with Crippen LogP contribution in [-0.4, -0.2) is 29.3 Å². The smallest absolute Gasteiger partial charge is 0.261 e. The molecule has 4 heteroatoms. The quantitative estimate of drug-likeness (QED) is 0.212. The van der Waals surface area contributed by atoms with Gasteiger partial charge >= 0.3 is 0 Å². The molecule has 0 unspecified atom stereocenters. The van der Waals surface area contributed by atoms with Crippen molar-refractivity contribution in [3.8, 4) is 12.3 Å². The van der Waals surface area contributed by atoms with Gasteiger partial charge < -0.3 is 8.85 Å². The van der Waals surface area contributed by atoms with E-state index in [9.17, 15) is 0 Å². The minimum Gasteiger partial charge on any atom is -0.413 e. The molecule has 2 nitrogen and oxygen atoms in total. The summed E-state index contributed by atoms with van der Waals surface area (Å²) in [6.07, 6.45) is 10.7. The Kier molecular flexibility index (Phi) is 11.2. The molecule has 0 heterocycles. The molecule has 0 aliphatic carbocycles. The minimum absolute atomic E-state index is 0.0621. The zero-order valence-corrected chi connectivity index (χ0v) is 25.0. The monoisotopic (exact) mass is 506 g/mol. The maximum absolute atomic E-state index is 7.28. The highest BCUT2D eigenvalue weighted by Gasteiger charge is 2.50. The maximum Gasteiger partial charge on any atom is 0.261 e. The lowest BCUT2D eigenvalue weighted by molar-refractivity contribution is 0.103. The molecule has 2 atom stereocenters. The number of allylic oxidation sites excluding steroid dienone is 1. The van der Waals surface area contributed by atoms with E-state index in [-0.39, 0.29) is 17.1 Å². The zero-order valence-electron chi connectivity index (χ0n) is 23.0. The molecule has 2 aromatic carbocycles. The Morgan fingerprint density at radius 3 is 1.71 bits per heavy atom. The number of terminal acetylenes is 1. The summed E-state index contributed by atoms with van der Waals surface area (Å²) in [5, 5.41) is 2.53. The summed E-state index contributed by atoms with van der Waals surface area (Å²) in [7, 11) is -4.40. The van der Waals surface area contributed by atoms with Crippen LogP contribution in [0.15, 0.2) is 72.8 Å². The van der Waals surface area contributed by atoms with Crippen molar-refractivity contribution < 1.29 is 8.85 Å². The van der Waals surface area contributed by atoms with Gasteiger partial charge in [0, 0.05) is 12.5 Å². The van der Waals surface area contributed by atoms with Gasteiger partial charge in [0.15, 0.2) is 8.32 Å². The van der Waals surface area contributed by atoms with E-state index in [1.54, 1.807) is 0 Å². The Bertz CT molecular complexity index is 890. The van der Waals surface area contributed by atoms with Gasteiger partial charge in [-0.15, -0.1) is 6.42 Å². The third kappa shape index (κ3) is 6.86. The Balaban J connectivity index is 2.55. The molecule has 2 aromatic rings. The fourth-order valence-corrected chi connectivity index (χ4v) is 12.8. The normalized spacial score (nSPS) is 14.6. The number of hydrogen-bond donors (Lipinski definition) is 0. The van der Waals surface area contributed by atoms with E-state index in [2.05, 4.69) is 121 Å². The molecular formula is C31H46O2Si2. The van der Waals surface area contributed by atoms with E-state index in [4.69, 9.17) is 15.3 Å². The second-order valence-electron chi connectivity index (χ2n) is 10.5. The fourth-order valence-electron chi connectivity index (χ4n) is 5.24. The van der Waals surface area contributed by atoms with Gasteiger partial charge in [0.25, 0.3) is 8.32 Å². The summed E-state index contributed by atoms with van der Waals surface area (Å²) in [5.74, 6) is 2.81. The van der Waals surface area contributed by atoms with Crippen molar-refractivity contribution in [1.82, 2.24) is 0 Å². The molecule has 0 aromatic heterocycles. The highest BCUT2D eigenvalue weighted by atomic mass is 28.4. The highest BCUT2D eigenvalue weighted by Crippen LogP contribution is 2.37. The van der Waals surface area contributed by atoms with Gasteiger partial charge in [0.05, 0.1) is 6.10 Å². The Labute approximate surface area is 217 Å². The SMILES string of the molecule is C#C/C=C/[C@H](CO[Si](c1ccccc1)(c1ccccc1)C(C)(C)C)[C@@H](CC)O[Si](CC)(CC)CC. The van der Waals surface area contributed by atoms with Gasteiger partial charge in [0.1, 0.15) is 0 Å². The van der Waals surface area contributed by atoms with Crippen LogP contribution in [0.3, 0.4) is 0 Å². The predicted octanol–water partition coefficient (Wildman–Crippen LogP) is 7.17. The van der Waals surface area contributed by atoms with E-state index < -0.39 is 16.6 Å². The lowest BCUT2D eigenvalue weighted by Crippen LogP contribution is -2.67. The molecule has 0 saturated heterocycles. The third-order valence-electron chi connectivity index (χ3n) is 7.56. The predicted molar refractivity (Wildman–Crippen MR) is 157 cm³/mol. The van der Waals surface area contributed by atoms with Gasteiger partial charge in [-0.05, 0) is 46.0 Å². The van der Waals surface area contributed by atoms with Crippen molar-refractivity contribution in [2.75, 3.05) is 6.61 Å². The van der Waals surface area contributed by atoms with E-state index >= 15 is 0 Å². The summed E-state index contributed by atoms with van der Waals surface area (Å²) in [4.78, 5) is 0. The number of rotatable bonds is 13. The fraction of sp³-hybridized carbons (Fsp3) is 0.484. The van der Waals surface area contributed by atoms with Crippen LogP contribution in [0.2, 0.25) is 23.2 Å². The van der Waals surface area contributed by atoms with Crippen LogP contribution in [0.25, 0.3) is 0 Å². The molecule has 0 amide bonds. The molecule has 0 fully saturated rings. The summed E-state index contributed by atoms with van der Waals surface area (Å²) < 4.78 is 14.3. The molecule has 0 aliphatic rings. The van der Waals surface area contributed by atoms with Gasteiger partial charge in [-0.1, -0.05) is 121 Å². The van der Waals surface area contributed by atoms with E-state index in [1.807, 2.05) is 6.08 Å². The van der Waals surface area contributed by atoms with Crippen LogP contribution >= 0.6 is 0 Å². The molecule has 0 saturated carbocycles. The Hall–Kier alpha value is -1.91. The molecule has 0 spiro atoms. The molecule has 0 radical (unpaired) electrons. The molecular weight excluding hydrogens is 461 g/mol. The van der Waals surface area contributed by atoms with E-state index in [1.165, 1.54) is 10.4 Å². The van der Waals surface area contributed by atoms with Crippen molar-refractivity contribution in [1.29, 1.82) is 0 Å². The first-order valence-corrected chi connectivity index (χ1v) is 17.7. The first-order valence-electron chi connectivity index (χ1n) is 13.3. The largest absolute Gasteiger partial charge is 0.413 e. The Morgan fingerprint density at radius 1 is 0.857 bits per heavy atom. The van der Waals surface area contributed by atoms with Gasteiger partial charge in [0.2, 0.25) is 0 Å². The van der Waals surface area contributed by atoms with Gasteiger partial charge in [-0.2, -0.15) is 0 Å². The van der Waals surface area contributed by atoms with Crippen LogP contribution in [0.4, 0.5) is 0 Å². The van der Waals surface area contributed by atoms with Crippen LogP contribution in [0, 0.1) is 18.3 Å². The van der Waals surface area contributed by atoms with Crippen LogP contribution in [0.1, 0.15) is 54.9 Å². The number of benzene rings is 2. The summed E-state index contributed by atoms with van der Waals surface area (Å²) >= 11 is 0. The average molecular weight is 507 g/mol. The minimum atomic E-state index is -2.62. The van der Waals surface area contributed by atoms with Gasteiger partial charge in [-0.25, -0.2) is 0 Å². The van der Waals surface area contributed by atoms with E-state index in [0.29, 0.717) is 6.61 Å². The van der Waals surface area contributed by atoms with E-state index in [0.717, 1.165) is 24.6 Å². The average Bonchev–Trinajstić information content (AvgIpc) is 2.88. The lowest BCUT2D eigenvalue weighted by atomic mass is 10.0. The second-order valence-corrected chi connectivity index (χ2v) is 19.5. The topological polar surface area (TPSA) is 18.5 Å². The zero-order chi connectivity index (χ0) is 26.0. The summed E-state index contributed by atoms with van der Waals surface area (Å²) in [6, 6.07) is 25.1. The van der Waals surface area contributed by atoms with Crippen molar-refractivity contribution in [3.63, 3.8) is 0 Å². The highest BCUT2D eigenvalue weighted by molar-refractivity contribution is 6.99. The van der Waals surface area contributed by atoms with Crippen LogP contribution in [0.5, 0.6) is 0 Å². The van der Waals surface area contributed by atoms with Crippen molar-refractivity contribution >= 4 is 27.0 Å². The number of hydrogen-bond acceptors (Lipinski definition) is 2. The molecule has 0 bridgehead atoms. The first kappa shape index (κ1) is 29.3. The summed E-state index contributed by atoms with van der Waals surface area (Å²) in [6.45, 7) is 16.6.